The van der Waals surface area contributed by atoms with Gasteiger partial charge in [0.25, 0.3) is 0 Å². The lowest BCUT2D eigenvalue weighted by Crippen LogP contribution is -2.19. The predicted molar refractivity (Wildman–Crippen MR) is 125 cm³/mol. The fourth-order valence-corrected chi connectivity index (χ4v) is 4.60. The highest BCUT2D eigenvalue weighted by Crippen LogP contribution is 2.29. The second-order valence-electron chi connectivity index (χ2n) is 8.67. The van der Waals surface area contributed by atoms with E-state index in [1.807, 2.05) is 25.2 Å². The summed E-state index contributed by atoms with van der Waals surface area (Å²) in [6.45, 7) is 0. The number of carbonyl (C=O) groups excluding carboxylic acids is 4. The lowest BCUT2D eigenvalue weighted by Gasteiger charge is -2.18. The van der Waals surface area contributed by atoms with Crippen LogP contribution in [0.25, 0.3) is 0 Å². The van der Waals surface area contributed by atoms with Crippen LogP contribution in [0.15, 0.2) is 24.2 Å². The van der Waals surface area contributed by atoms with Gasteiger partial charge in [-0.2, -0.15) is 0 Å². The summed E-state index contributed by atoms with van der Waals surface area (Å²) in [5.74, 6) is -0.632. The van der Waals surface area contributed by atoms with E-state index in [4.69, 9.17) is 4.74 Å². The Bertz CT molecular complexity index is 1180. The van der Waals surface area contributed by atoms with Crippen LogP contribution in [0.3, 0.4) is 0 Å². The molecule has 2 aromatic heterocycles. The molecule has 34 heavy (non-hydrogen) atoms. The first kappa shape index (κ1) is 25.0. The number of nitrogens with zero attached hydrogens (tertiary/aromatic N) is 3. The van der Waals surface area contributed by atoms with E-state index in [1.165, 1.54) is 14.2 Å². The molecule has 0 spiro atoms. The molecule has 0 saturated carbocycles. The van der Waals surface area contributed by atoms with Gasteiger partial charge in [0.1, 0.15) is 0 Å². The van der Waals surface area contributed by atoms with Gasteiger partial charge in [0.05, 0.1) is 36.7 Å². The van der Waals surface area contributed by atoms with Gasteiger partial charge in [0.2, 0.25) is 5.78 Å². The number of hydrogen-bond donors (Lipinski definition) is 0. The Balaban J connectivity index is 0.000000196. The molecule has 0 aliphatic heterocycles. The number of methoxy groups -OCH3 is 2. The zero-order valence-electron chi connectivity index (χ0n) is 20.6. The SMILES string of the molecule is COC(=O)c1cn(C)c2c1CC/C(=C\N(C)C)C2=O.COC(=O)c1cn(C)c2c1CCCC2=O. The van der Waals surface area contributed by atoms with Crippen molar-refractivity contribution in [2.45, 2.75) is 32.1 Å². The van der Waals surface area contributed by atoms with Crippen LogP contribution in [0.2, 0.25) is 0 Å². The van der Waals surface area contributed by atoms with Crippen LogP contribution in [-0.4, -0.2) is 65.9 Å². The quantitative estimate of drug-likeness (QED) is 0.503. The molecule has 2 aliphatic rings. The minimum atomic E-state index is -0.385. The molecule has 0 atom stereocenters. The van der Waals surface area contributed by atoms with Crippen molar-refractivity contribution in [2.24, 2.45) is 14.1 Å². The van der Waals surface area contributed by atoms with Crippen molar-refractivity contribution in [3.05, 3.63) is 57.8 Å². The van der Waals surface area contributed by atoms with E-state index in [1.54, 1.807) is 35.6 Å². The third-order valence-electron chi connectivity index (χ3n) is 6.04. The van der Waals surface area contributed by atoms with E-state index in [0.717, 1.165) is 29.5 Å². The summed E-state index contributed by atoms with van der Waals surface area (Å²) < 4.78 is 12.9. The number of hydrogen-bond acceptors (Lipinski definition) is 7. The average Bonchev–Trinajstić information content (AvgIpc) is 3.33. The Morgan fingerprint density at radius 1 is 0.853 bits per heavy atom. The van der Waals surface area contributed by atoms with E-state index in [-0.39, 0.29) is 23.5 Å². The Hall–Kier alpha value is -3.62. The van der Waals surface area contributed by atoms with Gasteiger partial charge in [-0.15, -0.1) is 0 Å². The van der Waals surface area contributed by atoms with Crippen molar-refractivity contribution >= 4 is 23.5 Å². The molecule has 0 bridgehead atoms. The lowest BCUT2D eigenvalue weighted by molar-refractivity contribution is 0.0590. The Kier molecular flexibility index (Phi) is 7.44. The van der Waals surface area contributed by atoms with Crippen LogP contribution in [0, 0.1) is 0 Å². The smallest absolute Gasteiger partial charge is 0.339 e. The van der Waals surface area contributed by atoms with Gasteiger partial charge in [-0.3, -0.25) is 9.59 Å². The van der Waals surface area contributed by atoms with Crippen molar-refractivity contribution in [3.8, 4) is 0 Å². The number of esters is 2. The molecule has 9 nitrogen and oxygen atoms in total. The monoisotopic (exact) mass is 469 g/mol. The van der Waals surface area contributed by atoms with E-state index in [0.29, 0.717) is 41.8 Å². The summed E-state index contributed by atoms with van der Waals surface area (Å²) in [5.41, 5.74) is 4.72. The number of ketones is 2. The number of carbonyl (C=O) groups is 4. The summed E-state index contributed by atoms with van der Waals surface area (Å²) >= 11 is 0. The molecule has 0 fully saturated rings. The van der Waals surface area contributed by atoms with Crippen molar-refractivity contribution in [1.82, 2.24) is 14.0 Å². The fraction of sp³-hybridized carbons (Fsp3) is 0.440. The van der Waals surface area contributed by atoms with Crippen LogP contribution >= 0.6 is 0 Å². The molecule has 0 radical (unpaired) electrons. The highest BCUT2D eigenvalue weighted by Gasteiger charge is 2.30. The fourth-order valence-electron chi connectivity index (χ4n) is 4.60. The van der Waals surface area contributed by atoms with Gasteiger partial charge in [0.15, 0.2) is 5.78 Å². The second-order valence-corrected chi connectivity index (χ2v) is 8.67. The van der Waals surface area contributed by atoms with Crippen LogP contribution in [0.5, 0.6) is 0 Å². The van der Waals surface area contributed by atoms with E-state index in [2.05, 4.69) is 4.74 Å². The molecule has 0 N–H and O–H groups in total. The maximum atomic E-state index is 12.4. The first-order chi connectivity index (χ1) is 16.1. The number of fused-ring (bicyclic) bond motifs is 2. The molecular weight excluding hydrogens is 438 g/mol. The van der Waals surface area contributed by atoms with Gasteiger partial charge < -0.3 is 23.5 Å². The van der Waals surface area contributed by atoms with Crippen LogP contribution in [0.4, 0.5) is 0 Å². The summed E-state index contributed by atoms with van der Waals surface area (Å²) in [6, 6.07) is 0. The largest absolute Gasteiger partial charge is 0.465 e. The second kappa shape index (κ2) is 10.1. The average molecular weight is 470 g/mol. The summed E-state index contributed by atoms with van der Waals surface area (Å²) in [6.07, 6.45) is 8.71. The number of aryl methyl sites for hydroxylation is 2. The van der Waals surface area contributed by atoms with Crippen LogP contribution in [-0.2, 0) is 36.4 Å². The van der Waals surface area contributed by atoms with Gasteiger partial charge in [-0.1, -0.05) is 0 Å². The molecule has 0 saturated heterocycles. The third kappa shape index (κ3) is 4.69. The molecule has 182 valence electrons. The molecule has 2 heterocycles. The van der Waals surface area contributed by atoms with Gasteiger partial charge in [0, 0.05) is 58.8 Å². The Labute approximate surface area is 198 Å². The van der Waals surface area contributed by atoms with Crippen molar-refractivity contribution in [2.75, 3.05) is 28.3 Å². The predicted octanol–water partition coefficient (Wildman–Crippen LogP) is 2.72. The standard InChI is InChI=1S/C14H18N2O3.C11H13NO3/c1-15(2)7-9-5-6-10-11(14(18)19-4)8-16(3)12(10)13(9)17;1-12-6-8(11(14)15-2)7-4-3-5-9(13)10(7)12/h7-8H,5-6H2,1-4H3;6H,3-5H2,1-2H3/b9-7+;. The zero-order valence-corrected chi connectivity index (χ0v) is 20.6. The van der Waals surface area contributed by atoms with E-state index < -0.39 is 0 Å². The van der Waals surface area contributed by atoms with Gasteiger partial charge in [-0.05, 0) is 36.8 Å². The topological polar surface area (TPSA) is 99.8 Å². The van der Waals surface area contributed by atoms with Crippen LogP contribution in [0.1, 0.15) is 72.1 Å². The molecule has 9 heteroatoms. The molecule has 2 aliphatic carbocycles. The van der Waals surface area contributed by atoms with Crippen molar-refractivity contribution in [3.63, 3.8) is 0 Å². The highest BCUT2D eigenvalue weighted by atomic mass is 16.5. The number of allylic oxidation sites excluding steroid dienone is 1. The van der Waals surface area contributed by atoms with Crippen LogP contribution < -0.4 is 0 Å². The van der Waals surface area contributed by atoms with Crippen molar-refractivity contribution in [1.29, 1.82) is 0 Å². The Morgan fingerprint density at radius 3 is 1.91 bits per heavy atom. The lowest BCUT2D eigenvalue weighted by atomic mass is 9.90. The highest BCUT2D eigenvalue weighted by molar-refractivity contribution is 6.11. The maximum absolute atomic E-state index is 12.4. The third-order valence-corrected chi connectivity index (χ3v) is 6.04. The first-order valence-corrected chi connectivity index (χ1v) is 11.1. The minimum absolute atomic E-state index is 0.00685. The summed E-state index contributed by atoms with van der Waals surface area (Å²) in [5, 5.41) is 0. The Morgan fingerprint density at radius 2 is 1.38 bits per heavy atom. The summed E-state index contributed by atoms with van der Waals surface area (Å²) in [7, 11) is 10.0. The van der Waals surface area contributed by atoms with E-state index >= 15 is 0 Å². The molecule has 0 unspecified atom stereocenters. The molecule has 0 amide bonds. The number of ether oxygens (including phenoxy) is 2. The van der Waals surface area contributed by atoms with Gasteiger partial charge >= 0.3 is 11.9 Å². The number of aromatic nitrogens is 2. The maximum Gasteiger partial charge on any atom is 0.339 e. The van der Waals surface area contributed by atoms with E-state index in [9.17, 15) is 19.2 Å². The van der Waals surface area contributed by atoms with Crippen molar-refractivity contribution < 1.29 is 28.7 Å². The first-order valence-electron chi connectivity index (χ1n) is 11.1. The van der Waals surface area contributed by atoms with Gasteiger partial charge in [-0.25, -0.2) is 9.59 Å². The summed E-state index contributed by atoms with van der Waals surface area (Å²) in [4.78, 5) is 49.1. The zero-order chi connectivity index (χ0) is 25.2. The molecule has 4 rings (SSSR count). The number of Topliss-reactive ketones (excluding diaryl/α,β-unsaturated/α-hetero) is 2. The minimum Gasteiger partial charge on any atom is -0.465 e. The normalized spacial score (nSPS) is 15.8. The molecule has 0 aromatic carbocycles. The molecular formula is C25H31N3O6. The molecule has 2 aromatic rings. The number of rotatable bonds is 3.